The van der Waals surface area contributed by atoms with Crippen LogP contribution in [0.25, 0.3) is 0 Å². The fourth-order valence-corrected chi connectivity index (χ4v) is 2.11. The molecule has 0 unspecified atom stereocenters. The predicted octanol–water partition coefficient (Wildman–Crippen LogP) is 1.95. The Bertz CT molecular complexity index is 854. The molecular formula is C19H17ClF3N3O5. The molecule has 12 heteroatoms. The summed E-state index contributed by atoms with van der Waals surface area (Å²) in [5.41, 5.74) is 6.73. The van der Waals surface area contributed by atoms with Crippen LogP contribution in [0.2, 0.25) is 0 Å². The van der Waals surface area contributed by atoms with Crippen molar-refractivity contribution >= 4 is 34.6 Å². The van der Waals surface area contributed by atoms with Crippen molar-refractivity contribution in [1.82, 2.24) is 9.88 Å². The van der Waals surface area contributed by atoms with Crippen molar-refractivity contribution in [2.24, 2.45) is 5.73 Å². The highest BCUT2D eigenvalue weighted by Gasteiger charge is 2.30. The van der Waals surface area contributed by atoms with E-state index in [0.717, 1.165) is 5.56 Å². The maximum absolute atomic E-state index is 11.9. The minimum atomic E-state index is -4.64. The van der Waals surface area contributed by atoms with Crippen LogP contribution in [0.15, 0.2) is 54.7 Å². The molecule has 2 amide bonds. The van der Waals surface area contributed by atoms with E-state index in [1.165, 1.54) is 4.90 Å². The number of primary amides is 1. The first-order valence-electron chi connectivity index (χ1n) is 8.45. The lowest BCUT2D eigenvalue weighted by atomic mass is 10.2. The molecule has 8 nitrogen and oxygen atoms in total. The third-order valence-electron chi connectivity index (χ3n) is 3.32. The minimum absolute atomic E-state index is 0.248. The predicted molar refractivity (Wildman–Crippen MR) is 102 cm³/mol. The van der Waals surface area contributed by atoms with E-state index in [-0.39, 0.29) is 6.54 Å². The molecule has 0 aliphatic heterocycles. The van der Waals surface area contributed by atoms with Crippen molar-refractivity contribution in [1.29, 1.82) is 0 Å². The Kier molecular flexibility index (Phi) is 10.1. The van der Waals surface area contributed by atoms with E-state index in [2.05, 4.69) is 21.3 Å². The lowest BCUT2D eigenvalue weighted by molar-refractivity contribution is -0.185. The number of hydrogen-bond acceptors (Lipinski definition) is 6. The quantitative estimate of drug-likeness (QED) is 0.400. The lowest BCUT2D eigenvalue weighted by Gasteiger charge is -2.20. The molecule has 0 atom stereocenters. The van der Waals surface area contributed by atoms with Gasteiger partial charge in [-0.3, -0.25) is 19.4 Å². The molecule has 0 saturated carbocycles. The van der Waals surface area contributed by atoms with Crippen LogP contribution < -0.4 is 5.73 Å². The Morgan fingerprint density at radius 1 is 1.00 bits per heavy atom. The van der Waals surface area contributed by atoms with Crippen molar-refractivity contribution in [2.45, 2.75) is 19.3 Å². The van der Waals surface area contributed by atoms with Crippen LogP contribution >= 0.6 is 11.6 Å². The van der Waals surface area contributed by atoms with Gasteiger partial charge in [0.25, 0.3) is 0 Å². The van der Waals surface area contributed by atoms with E-state index in [1.807, 2.05) is 36.4 Å². The molecule has 2 N–H and O–H groups in total. The van der Waals surface area contributed by atoms with E-state index in [4.69, 9.17) is 5.73 Å². The fraction of sp³-hybridized carbons (Fsp3) is 0.211. The number of pyridine rings is 1. The SMILES string of the molecule is NC(=O)C(=O)N(Cc1ccccc1)Cc1ccccn1.O=C(Cl)C(=O)OCC(F)(F)F. The van der Waals surface area contributed by atoms with Gasteiger partial charge in [0, 0.05) is 12.7 Å². The molecule has 0 aliphatic carbocycles. The average molecular weight is 460 g/mol. The Hall–Kier alpha value is -3.47. The highest BCUT2D eigenvalue weighted by molar-refractivity contribution is 6.80. The normalized spacial score (nSPS) is 10.3. The molecule has 166 valence electrons. The summed E-state index contributed by atoms with van der Waals surface area (Å²) in [5, 5.41) is -1.57. The monoisotopic (exact) mass is 459 g/mol. The van der Waals surface area contributed by atoms with Crippen molar-refractivity contribution in [3.05, 3.63) is 66.0 Å². The second-order valence-corrected chi connectivity index (χ2v) is 6.14. The summed E-state index contributed by atoms with van der Waals surface area (Å²) in [7, 11) is 0. The summed E-state index contributed by atoms with van der Waals surface area (Å²) in [4.78, 5) is 48.3. The number of esters is 1. The van der Waals surface area contributed by atoms with Gasteiger partial charge in [-0.15, -0.1) is 0 Å². The smallest absolute Gasteiger partial charge is 0.422 e. The molecule has 31 heavy (non-hydrogen) atoms. The van der Waals surface area contributed by atoms with Crippen LogP contribution in [0.3, 0.4) is 0 Å². The summed E-state index contributed by atoms with van der Waals surface area (Å²) in [6.07, 6.45) is -2.99. The van der Waals surface area contributed by atoms with Gasteiger partial charge in [0.1, 0.15) is 0 Å². The second-order valence-electron chi connectivity index (χ2n) is 5.80. The van der Waals surface area contributed by atoms with Gasteiger partial charge in [-0.2, -0.15) is 13.2 Å². The number of carbonyl (C=O) groups is 4. The van der Waals surface area contributed by atoms with Crippen LogP contribution in [0.4, 0.5) is 13.2 Å². The summed E-state index contributed by atoms with van der Waals surface area (Å²) in [5.74, 6) is -3.37. The zero-order valence-corrected chi connectivity index (χ0v) is 16.6. The molecule has 0 radical (unpaired) electrons. The fourth-order valence-electron chi connectivity index (χ4n) is 2.05. The number of ether oxygens (including phenoxy) is 1. The number of halogens is 4. The lowest BCUT2D eigenvalue weighted by Crippen LogP contribution is -2.39. The number of amides is 2. The van der Waals surface area contributed by atoms with Gasteiger partial charge in [0.05, 0.1) is 12.2 Å². The van der Waals surface area contributed by atoms with Crippen LogP contribution in [0.5, 0.6) is 0 Å². The summed E-state index contributed by atoms with van der Waals surface area (Å²) >= 11 is 4.48. The molecule has 0 fully saturated rings. The third-order valence-corrected chi connectivity index (χ3v) is 3.47. The minimum Gasteiger partial charge on any atom is -0.449 e. The van der Waals surface area contributed by atoms with Crippen molar-refractivity contribution in [3.8, 4) is 0 Å². The molecule has 1 heterocycles. The molecular weight excluding hydrogens is 443 g/mol. The Labute approximate surface area is 179 Å². The van der Waals surface area contributed by atoms with Crippen molar-refractivity contribution in [3.63, 3.8) is 0 Å². The molecule has 0 aliphatic rings. The zero-order chi connectivity index (χ0) is 23.4. The number of benzene rings is 1. The van der Waals surface area contributed by atoms with Gasteiger partial charge < -0.3 is 15.4 Å². The van der Waals surface area contributed by atoms with Gasteiger partial charge in [-0.05, 0) is 29.3 Å². The molecule has 1 aromatic heterocycles. The molecule has 2 rings (SSSR count). The molecule has 2 aromatic rings. The first-order valence-corrected chi connectivity index (χ1v) is 8.83. The van der Waals surface area contributed by atoms with E-state index in [9.17, 15) is 32.3 Å². The topological polar surface area (TPSA) is 120 Å². The number of alkyl halides is 3. The first-order chi connectivity index (χ1) is 14.5. The number of nitrogens with zero attached hydrogens (tertiary/aromatic N) is 2. The van der Waals surface area contributed by atoms with Gasteiger partial charge in [0.15, 0.2) is 6.61 Å². The van der Waals surface area contributed by atoms with Crippen LogP contribution in [0, 0.1) is 0 Å². The second kappa shape index (κ2) is 12.3. The number of carbonyl (C=O) groups excluding carboxylic acids is 4. The largest absolute Gasteiger partial charge is 0.449 e. The van der Waals surface area contributed by atoms with Crippen molar-refractivity contribution < 1.29 is 37.1 Å². The Balaban J connectivity index is 0.000000373. The number of aromatic nitrogens is 1. The van der Waals surface area contributed by atoms with Crippen LogP contribution in [-0.4, -0.2) is 45.7 Å². The highest BCUT2D eigenvalue weighted by Crippen LogP contribution is 2.14. The van der Waals surface area contributed by atoms with Gasteiger partial charge in [-0.25, -0.2) is 4.79 Å². The highest BCUT2D eigenvalue weighted by atomic mass is 35.5. The molecule has 0 spiro atoms. The van der Waals surface area contributed by atoms with Gasteiger partial charge in [0.2, 0.25) is 0 Å². The maximum atomic E-state index is 11.9. The summed E-state index contributed by atoms with van der Waals surface area (Å²) in [6.45, 7) is -1.24. The Morgan fingerprint density at radius 3 is 2.10 bits per heavy atom. The number of hydrogen-bond donors (Lipinski definition) is 1. The Morgan fingerprint density at radius 2 is 1.61 bits per heavy atom. The third kappa shape index (κ3) is 10.8. The van der Waals surface area contributed by atoms with Crippen LogP contribution in [0.1, 0.15) is 11.3 Å². The summed E-state index contributed by atoms with van der Waals surface area (Å²) < 4.78 is 37.2. The van der Waals surface area contributed by atoms with Gasteiger partial charge >= 0.3 is 29.2 Å². The first kappa shape index (κ1) is 25.6. The standard InChI is InChI=1S/C15H15N3O2.C4H2ClF3O3/c16-14(19)15(20)18(10-12-6-2-1-3-7-12)11-13-8-4-5-9-17-13;5-2(9)3(10)11-1-4(6,7)8/h1-9H,10-11H2,(H2,16,19);1H2. The number of rotatable bonds is 6. The maximum Gasteiger partial charge on any atom is 0.422 e. The van der Waals surface area contributed by atoms with Gasteiger partial charge in [-0.1, -0.05) is 36.4 Å². The zero-order valence-electron chi connectivity index (χ0n) is 15.8. The van der Waals surface area contributed by atoms with Crippen LogP contribution in [-0.2, 0) is 37.0 Å². The van der Waals surface area contributed by atoms with Crippen molar-refractivity contribution in [2.75, 3.05) is 6.61 Å². The molecule has 1 aromatic carbocycles. The van der Waals surface area contributed by atoms with E-state index < -0.39 is 35.8 Å². The van der Waals surface area contributed by atoms with E-state index in [0.29, 0.717) is 12.2 Å². The van der Waals surface area contributed by atoms with E-state index >= 15 is 0 Å². The average Bonchev–Trinajstić information content (AvgIpc) is 2.72. The number of nitrogens with two attached hydrogens (primary N) is 1. The van der Waals surface area contributed by atoms with E-state index in [1.54, 1.807) is 18.3 Å². The summed E-state index contributed by atoms with van der Waals surface area (Å²) in [6, 6.07) is 14.8. The molecule has 0 bridgehead atoms. The molecule has 0 saturated heterocycles.